The van der Waals surface area contributed by atoms with Crippen LogP contribution in [0.4, 0.5) is 0 Å². The number of Topliss-reactive ketones (excluding diaryl/α,β-unsaturated/α-hetero) is 1. The molecule has 0 aliphatic carbocycles. The minimum absolute atomic E-state index is 0.153. The highest BCUT2D eigenvalue weighted by molar-refractivity contribution is 6.05. The number of nitrogens with two attached hydrogens (primary N) is 2. The molecule has 33 heavy (non-hydrogen) atoms. The number of piperazine rings is 1. The number of ketones is 1. The highest BCUT2D eigenvalue weighted by atomic mass is 16.2. The van der Waals surface area contributed by atoms with Gasteiger partial charge >= 0.3 is 0 Å². The average molecular weight is 460 g/mol. The number of primary amides is 1. The lowest BCUT2D eigenvalue weighted by Gasteiger charge is -2.36. The Bertz CT molecular complexity index is 794. The topological polar surface area (TPSA) is 113 Å². The molecule has 3 unspecified atom stereocenters. The van der Waals surface area contributed by atoms with Crippen LogP contribution >= 0.6 is 0 Å². The molecule has 0 bridgehead atoms. The molecule has 4 N–H and O–H groups in total. The van der Waals surface area contributed by atoms with Crippen molar-refractivity contribution in [1.29, 1.82) is 0 Å². The Balaban J connectivity index is 2.10. The van der Waals surface area contributed by atoms with E-state index in [2.05, 4.69) is 16.8 Å². The first-order valence-electron chi connectivity index (χ1n) is 11.9. The van der Waals surface area contributed by atoms with Gasteiger partial charge in [-0.15, -0.1) is 0 Å². The molecule has 0 radical (unpaired) electrons. The molecule has 184 valence electrons. The third-order valence-electron chi connectivity index (χ3n) is 6.86. The summed E-state index contributed by atoms with van der Waals surface area (Å²) in [4.78, 5) is 45.3. The number of hydrogen-bond donors (Lipinski definition) is 2. The quantitative estimate of drug-likeness (QED) is 0.446. The molecule has 0 aromatic heterocycles. The van der Waals surface area contributed by atoms with E-state index in [1.165, 1.54) is 0 Å². The first kappa shape index (κ1) is 27.0. The average Bonchev–Trinajstić information content (AvgIpc) is 2.81. The number of amides is 2. The van der Waals surface area contributed by atoms with Crippen LogP contribution in [0.1, 0.15) is 32.3 Å². The Morgan fingerprint density at radius 1 is 1.12 bits per heavy atom. The van der Waals surface area contributed by atoms with Crippen LogP contribution in [0.3, 0.4) is 0 Å². The van der Waals surface area contributed by atoms with Crippen molar-refractivity contribution in [3.05, 3.63) is 35.9 Å². The maximum Gasteiger partial charge on any atom is 0.238 e. The van der Waals surface area contributed by atoms with E-state index in [9.17, 15) is 14.4 Å². The number of carbonyl (C=O) groups excluding carboxylic acids is 3. The van der Waals surface area contributed by atoms with Gasteiger partial charge in [0.2, 0.25) is 11.8 Å². The Morgan fingerprint density at radius 3 is 2.27 bits per heavy atom. The monoisotopic (exact) mass is 459 g/mol. The van der Waals surface area contributed by atoms with Gasteiger partial charge in [-0.3, -0.25) is 19.3 Å². The fourth-order valence-corrected chi connectivity index (χ4v) is 4.49. The first-order valence-corrected chi connectivity index (χ1v) is 11.9. The second-order valence-corrected chi connectivity index (χ2v) is 9.44. The fraction of sp³-hybridized carbons (Fsp3) is 0.640. The molecule has 1 aliphatic rings. The molecule has 1 aliphatic heterocycles. The van der Waals surface area contributed by atoms with Crippen molar-refractivity contribution < 1.29 is 14.4 Å². The summed E-state index contributed by atoms with van der Waals surface area (Å²) in [7, 11) is 3.83. The molecule has 1 aromatic rings. The molecule has 8 heteroatoms. The van der Waals surface area contributed by atoms with E-state index in [1.807, 2.05) is 37.3 Å². The molecule has 0 spiro atoms. The molecule has 2 amide bonds. The van der Waals surface area contributed by atoms with Crippen molar-refractivity contribution in [3.63, 3.8) is 0 Å². The molecule has 1 aromatic carbocycles. The van der Waals surface area contributed by atoms with Crippen molar-refractivity contribution in [2.24, 2.45) is 23.3 Å². The zero-order valence-electron chi connectivity index (χ0n) is 20.6. The zero-order valence-corrected chi connectivity index (χ0v) is 20.6. The second kappa shape index (κ2) is 12.3. The number of carbonyl (C=O) groups is 3. The predicted octanol–water partition coefficient (Wildman–Crippen LogP) is 0.739. The zero-order chi connectivity index (χ0) is 24.6. The van der Waals surface area contributed by atoms with E-state index < -0.39 is 23.3 Å². The van der Waals surface area contributed by atoms with Crippen LogP contribution < -0.4 is 11.5 Å². The summed E-state index contributed by atoms with van der Waals surface area (Å²) < 4.78 is 0. The lowest BCUT2D eigenvalue weighted by molar-refractivity contribution is -0.144. The summed E-state index contributed by atoms with van der Waals surface area (Å²) >= 11 is 0. The minimum atomic E-state index is -1.55. The van der Waals surface area contributed by atoms with Gasteiger partial charge in [0.05, 0.1) is 5.92 Å². The van der Waals surface area contributed by atoms with Crippen LogP contribution in [-0.4, -0.2) is 91.2 Å². The van der Waals surface area contributed by atoms with Crippen molar-refractivity contribution in [2.75, 3.05) is 53.4 Å². The van der Waals surface area contributed by atoms with E-state index in [-0.39, 0.29) is 18.1 Å². The number of benzene rings is 1. The largest absolute Gasteiger partial charge is 0.368 e. The smallest absolute Gasteiger partial charge is 0.238 e. The molecule has 1 heterocycles. The number of hydrogen-bond acceptors (Lipinski definition) is 6. The van der Waals surface area contributed by atoms with Gasteiger partial charge in [-0.25, -0.2) is 0 Å². The van der Waals surface area contributed by atoms with Crippen LogP contribution in [0.15, 0.2) is 30.3 Å². The van der Waals surface area contributed by atoms with Crippen LogP contribution in [0.5, 0.6) is 0 Å². The normalized spacial score (nSPS) is 18.8. The summed E-state index contributed by atoms with van der Waals surface area (Å²) in [5, 5.41) is 0. The SMILES string of the molecule is CCCC(C(=O)C(C)C(=O)N(C)CCN1CCN(C)CC1)C(N)(Cc1ccccc1)C(N)=O. The van der Waals surface area contributed by atoms with E-state index in [1.54, 1.807) is 18.9 Å². The van der Waals surface area contributed by atoms with Crippen LogP contribution in [0.2, 0.25) is 0 Å². The van der Waals surface area contributed by atoms with Gasteiger partial charge in [-0.1, -0.05) is 43.7 Å². The standard InChI is InChI=1S/C25H41N5O3/c1-5-9-21(25(27,24(26)33)18-20-10-7-6-8-11-20)22(31)19(2)23(32)29(4)14-17-30-15-12-28(3)13-16-30/h6-8,10-11,19,21H,5,9,12-18,27H2,1-4H3,(H2,26,33). The summed E-state index contributed by atoms with van der Waals surface area (Å²) in [5.74, 6) is -3.00. The Morgan fingerprint density at radius 2 is 1.73 bits per heavy atom. The molecule has 0 saturated carbocycles. The molecule has 2 rings (SSSR count). The fourth-order valence-electron chi connectivity index (χ4n) is 4.49. The van der Waals surface area contributed by atoms with Crippen LogP contribution in [-0.2, 0) is 20.8 Å². The van der Waals surface area contributed by atoms with Crippen molar-refractivity contribution in [1.82, 2.24) is 14.7 Å². The predicted molar refractivity (Wildman–Crippen MR) is 130 cm³/mol. The van der Waals surface area contributed by atoms with Gasteiger partial charge < -0.3 is 21.3 Å². The number of nitrogens with zero attached hydrogens (tertiary/aromatic N) is 3. The van der Waals surface area contributed by atoms with Gasteiger partial charge in [0.1, 0.15) is 11.3 Å². The molecule has 3 atom stereocenters. The van der Waals surface area contributed by atoms with E-state index in [4.69, 9.17) is 11.5 Å². The van der Waals surface area contributed by atoms with Crippen molar-refractivity contribution >= 4 is 17.6 Å². The molecular formula is C25H41N5O3. The lowest BCUT2D eigenvalue weighted by Crippen LogP contribution is -2.62. The van der Waals surface area contributed by atoms with E-state index in [0.29, 0.717) is 19.4 Å². The number of likely N-dealkylation sites (N-methyl/N-ethyl adjacent to an activating group) is 2. The minimum Gasteiger partial charge on any atom is -0.368 e. The van der Waals surface area contributed by atoms with E-state index >= 15 is 0 Å². The third kappa shape index (κ3) is 7.09. The van der Waals surface area contributed by atoms with Crippen molar-refractivity contribution in [3.8, 4) is 0 Å². The molecule has 8 nitrogen and oxygen atoms in total. The molecule has 1 saturated heterocycles. The molecular weight excluding hydrogens is 418 g/mol. The highest BCUT2D eigenvalue weighted by Crippen LogP contribution is 2.28. The summed E-state index contributed by atoms with van der Waals surface area (Å²) in [6.07, 6.45) is 1.20. The van der Waals surface area contributed by atoms with Gasteiger partial charge in [0.15, 0.2) is 0 Å². The third-order valence-corrected chi connectivity index (χ3v) is 6.86. The maximum atomic E-state index is 13.5. The summed E-state index contributed by atoms with van der Waals surface area (Å²) in [6, 6.07) is 9.31. The first-order chi connectivity index (χ1) is 15.6. The van der Waals surface area contributed by atoms with Crippen LogP contribution in [0, 0.1) is 11.8 Å². The lowest BCUT2D eigenvalue weighted by atomic mass is 9.72. The molecule has 1 fully saturated rings. The Kier molecular flexibility index (Phi) is 10.0. The summed E-state index contributed by atoms with van der Waals surface area (Å²) in [6.45, 7) is 8.83. The summed E-state index contributed by atoms with van der Waals surface area (Å²) in [5.41, 5.74) is 11.6. The Labute approximate surface area is 198 Å². The van der Waals surface area contributed by atoms with Gasteiger partial charge in [0.25, 0.3) is 0 Å². The van der Waals surface area contributed by atoms with E-state index in [0.717, 1.165) is 38.3 Å². The van der Waals surface area contributed by atoms with Crippen molar-refractivity contribution in [2.45, 2.75) is 38.6 Å². The highest BCUT2D eigenvalue weighted by Gasteiger charge is 2.46. The second-order valence-electron chi connectivity index (χ2n) is 9.44. The maximum absolute atomic E-state index is 13.5. The van der Waals surface area contributed by atoms with Gasteiger partial charge in [-0.05, 0) is 26.0 Å². The van der Waals surface area contributed by atoms with Gasteiger partial charge in [0, 0.05) is 58.7 Å². The Hall–Kier alpha value is -2.29. The van der Waals surface area contributed by atoms with Gasteiger partial charge in [-0.2, -0.15) is 0 Å². The number of rotatable bonds is 12. The van der Waals surface area contributed by atoms with Crippen LogP contribution in [0.25, 0.3) is 0 Å².